The largest absolute Gasteiger partial charge is 0.416 e. The van der Waals surface area contributed by atoms with Crippen LogP contribution in [0.3, 0.4) is 0 Å². The van der Waals surface area contributed by atoms with Crippen molar-refractivity contribution < 1.29 is 18.0 Å². The summed E-state index contributed by atoms with van der Waals surface area (Å²) in [6.45, 7) is 4.45. The maximum atomic E-state index is 13.2. The molecule has 6 heteroatoms. The van der Waals surface area contributed by atoms with Crippen molar-refractivity contribution in [2.45, 2.75) is 32.9 Å². The molecule has 3 aromatic rings. The highest BCUT2D eigenvalue weighted by molar-refractivity contribution is 7.21. The molecule has 2 aromatic carbocycles. The number of hydrogen-bond acceptors (Lipinski definition) is 2. The van der Waals surface area contributed by atoms with E-state index in [0.29, 0.717) is 21.5 Å². The van der Waals surface area contributed by atoms with Gasteiger partial charge in [-0.15, -0.1) is 11.3 Å². The smallest absolute Gasteiger partial charge is 0.307 e. The Kier molecular flexibility index (Phi) is 4.26. The first kappa shape index (κ1) is 18.0. The van der Waals surface area contributed by atoms with Crippen LogP contribution in [-0.2, 0) is 12.6 Å². The van der Waals surface area contributed by atoms with Crippen LogP contribution in [0.25, 0.3) is 10.1 Å². The Hall–Kier alpha value is -2.34. The van der Waals surface area contributed by atoms with E-state index in [0.717, 1.165) is 58.7 Å². The highest BCUT2D eigenvalue weighted by atomic mass is 32.1. The van der Waals surface area contributed by atoms with E-state index in [1.165, 1.54) is 6.07 Å². The first-order valence-corrected chi connectivity index (χ1v) is 9.59. The molecule has 2 heterocycles. The third kappa shape index (κ3) is 3.12. The summed E-state index contributed by atoms with van der Waals surface area (Å²) in [7, 11) is 0. The number of rotatable bonds is 1. The lowest BCUT2D eigenvalue weighted by molar-refractivity contribution is -0.137. The Labute approximate surface area is 159 Å². The monoisotopic (exact) mass is 389 g/mol. The fourth-order valence-electron chi connectivity index (χ4n) is 3.67. The number of halogens is 3. The van der Waals surface area contributed by atoms with Crippen LogP contribution in [0.4, 0.5) is 18.9 Å². The maximum Gasteiger partial charge on any atom is 0.416 e. The number of carbonyl (C=O) groups is 1. The van der Waals surface area contributed by atoms with E-state index in [2.05, 4.69) is 6.07 Å². The average Bonchev–Trinajstić information content (AvgIpc) is 2.96. The van der Waals surface area contributed by atoms with Gasteiger partial charge in [-0.1, -0.05) is 23.8 Å². The molecule has 0 N–H and O–H groups in total. The number of thiophene rings is 1. The summed E-state index contributed by atoms with van der Waals surface area (Å²) in [6, 6.07) is 9.73. The molecule has 0 radical (unpaired) electrons. The summed E-state index contributed by atoms with van der Waals surface area (Å²) in [5.74, 6) is -0.132. The van der Waals surface area contributed by atoms with Crippen molar-refractivity contribution in [2.24, 2.45) is 0 Å². The standard InChI is InChI=1S/C21H18F3NOS/c1-12-5-8-17-14(10-12)4-3-9-25(17)20(26)19-13(2)16-7-6-15(21(22,23)24)11-18(16)27-19/h5-8,10-11H,3-4,9H2,1-2H3. The Bertz CT molecular complexity index is 1050. The summed E-state index contributed by atoms with van der Waals surface area (Å²) in [4.78, 5) is 15.5. The molecule has 0 spiro atoms. The van der Waals surface area contributed by atoms with Crippen molar-refractivity contribution in [3.05, 3.63) is 63.5 Å². The van der Waals surface area contributed by atoms with E-state index in [4.69, 9.17) is 0 Å². The zero-order valence-corrected chi connectivity index (χ0v) is 15.8. The van der Waals surface area contributed by atoms with E-state index >= 15 is 0 Å². The minimum Gasteiger partial charge on any atom is -0.307 e. The summed E-state index contributed by atoms with van der Waals surface area (Å²) in [5.41, 5.74) is 3.26. The third-order valence-corrected chi connectivity index (χ3v) is 6.30. The van der Waals surface area contributed by atoms with Gasteiger partial charge in [0.2, 0.25) is 0 Å². The van der Waals surface area contributed by atoms with Gasteiger partial charge < -0.3 is 4.90 Å². The second-order valence-electron chi connectivity index (χ2n) is 6.96. The summed E-state index contributed by atoms with van der Waals surface area (Å²) < 4.78 is 39.5. The summed E-state index contributed by atoms with van der Waals surface area (Å²) in [6.07, 6.45) is -2.58. The molecule has 1 aliphatic heterocycles. The lowest BCUT2D eigenvalue weighted by Crippen LogP contribution is -2.35. The van der Waals surface area contributed by atoms with Crippen LogP contribution in [0.2, 0.25) is 0 Å². The fourth-order valence-corrected chi connectivity index (χ4v) is 4.86. The second kappa shape index (κ2) is 6.37. The van der Waals surface area contributed by atoms with Crippen LogP contribution < -0.4 is 4.90 Å². The first-order chi connectivity index (χ1) is 12.8. The van der Waals surface area contributed by atoms with Gasteiger partial charge in [-0.25, -0.2) is 0 Å². The van der Waals surface area contributed by atoms with Crippen molar-refractivity contribution in [2.75, 3.05) is 11.4 Å². The minimum absolute atomic E-state index is 0.132. The molecule has 140 valence electrons. The summed E-state index contributed by atoms with van der Waals surface area (Å²) >= 11 is 1.14. The number of hydrogen-bond donors (Lipinski definition) is 0. The molecular weight excluding hydrogens is 371 g/mol. The predicted octanol–water partition coefficient (Wildman–Crippen LogP) is 6.13. The van der Waals surface area contributed by atoms with Crippen molar-refractivity contribution in [1.29, 1.82) is 0 Å². The molecular formula is C21H18F3NOS. The Morgan fingerprint density at radius 3 is 2.63 bits per heavy atom. The molecule has 0 aliphatic carbocycles. The average molecular weight is 389 g/mol. The highest BCUT2D eigenvalue weighted by Crippen LogP contribution is 2.38. The van der Waals surface area contributed by atoms with Gasteiger partial charge in [-0.3, -0.25) is 4.79 Å². The van der Waals surface area contributed by atoms with Gasteiger partial charge in [0.05, 0.1) is 10.4 Å². The number of amides is 1. The number of alkyl halides is 3. The predicted molar refractivity (Wildman–Crippen MR) is 103 cm³/mol. The van der Waals surface area contributed by atoms with Crippen LogP contribution in [-0.4, -0.2) is 12.5 Å². The van der Waals surface area contributed by atoms with Gasteiger partial charge in [-0.2, -0.15) is 13.2 Å². The quantitative estimate of drug-likeness (QED) is 0.490. The molecule has 2 nitrogen and oxygen atoms in total. The van der Waals surface area contributed by atoms with Gasteiger partial charge in [0.1, 0.15) is 0 Å². The molecule has 0 unspecified atom stereocenters. The van der Waals surface area contributed by atoms with Crippen LogP contribution in [0.1, 0.15) is 38.3 Å². The summed E-state index contributed by atoms with van der Waals surface area (Å²) in [5, 5.41) is 0.706. The number of benzene rings is 2. The number of nitrogens with zero attached hydrogens (tertiary/aromatic N) is 1. The minimum atomic E-state index is -4.39. The van der Waals surface area contributed by atoms with Crippen LogP contribution >= 0.6 is 11.3 Å². The maximum absolute atomic E-state index is 13.2. The van der Waals surface area contributed by atoms with E-state index in [1.54, 1.807) is 11.8 Å². The Morgan fingerprint density at radius 1 is 1.11 bits per heavy atom. The fraction of sp³-hybridized carbons (Fsp3) is 0.286. The number of aryl methyl sites for hydroxylation is 3. The van der Waals surface area contributed by atoms with E-state index < -0.39 is 11.7 Å². The third-order valence-electron chi connectivity index (χ3n) is 5.06. The lowest BCUT2D eigenvalue weighted by atomic mass is 9.99. The van der Waals surface area contributed by atoms with Crippen molar-refractivity contribution in [3.63, 3.8) is 0 Å². The first-order valence-electron chi connectivity index (χ1n) is 8.77. The van der Waals surface area contributed by atoms with E-state index in [1.807, 2.05) is 19.1 Å². The second-order valence-corrected chi connectivity index (χ2v) is 8.01. The topological polar surface area (TPSA) is 20.3 Å². The molecule has 0 atom stereocenters. The van der Waals surface area contributed by atoms with E-state index in [-0.39, 0.29) is 5.91 Å². The molecule has 4 rings (SSSR count). The van der Waals surface area contributed by atoms with Crippen LogP contribution in [0, 0.1) is 13.8 Å². The molecule has 27 heavy (non-hydrogen) atoms. The molecule has 0 saturated carbocycles. The van der Waals surface area contributed by atoms with Crippen molar-refractivity contribution >= 4 is 33.0 Å². The Balaban J connectivity index is 1.77. The molecule has 1 aromatic heterocycles. The number of carbonyl (C=O) groups excluding carboxylic acids is 1. The lowest BCUT2D eigenvalue weighted by Gasteiger charge is -2.29. The zero-order chi connectivity index (χ0) is 19.3. The van der Waals surface area contributed by atoms with Crippen LogP contribution in [0.15, 0.2) is 36.4 Å². The highest BCUT2D eigenvalue weighted by Gasteiger charge is 2.32. The van der Waals surface area contributed by atoms with Gasteiger partial charge in [0.15, 0.2) is 0 Å². The van der Waals surface area contributed by atoms with Gasteiger partial charge in [-0.05, 0) is 61.4 Å². The molecule has 0 fully saturated rings. The number of fused-ring (bicyclic) bond motifs is 2. The molecule has 1 aliphatic rings. The normalized spacial score (nSPS) is 14.5. The van der Waals surface area contributed by atoms with Gasteiger partial charge in [0.25, 0.3) is 5.91 Å². The number of anilines is 1. The van der Waals surface area contributed by atoms with Crippen molar-refractivity contribution in [3.8, 4) is 0 Å². The SMILES string of the molecule is Cc1ccc2c(c1)CCCN2C(=O)c1sc2cc(C(F)(F)F)ccc2c1C. The molecule has 1 amide bonds. The van der Waals surface area contributed by atoms with E-state index in [9.17, 15) is 18.0 Å². The van der Waals surface area contributed by atoms with Gasteiger partial charge >= 0.3 is 6.18 Å². The zero-order valence-electron chi connectivity index (χ0n) is 15.0. The van der Waals surface area contributed by atoms with Crippen molar-refractivity contribution in [1.82, 2.24) is 0 Å². The van der Waals surface area contributed by atoms with Gasteiger partial charge in [0, 0.05) is 16.9 Å². The molecule has 0 bridgehead atoms. The van der Waals surface area contributed by atoms with Crippen LogP contribution in [0.5, 0.6) is 0 Å². The Morgan fingerprint density at radius 2 is 1.89 bits per heavy atom. The molecule has 0 saturated heterocycles.